The van der Waals surface area contributed by atoms with Crippen LogP contribution in [-0.4, -0.2) is 16.6 Å². The Labute approximate surface area is 103 Å². The summed E-state index contributed by atoms with van der Waals surface area (Å²) in [6.07, 6.45) is 3.09. The average molecular weight is 263 g/mol. The van der Waals surface area contributed by atoms with Crippen molar-refractivity contribution in [1.82, 2.24) is 5.43 Å². The minimum absolute atomic E-state index is 0. The van der Waals surface area contributed by atoms with Crippen LogP contribution >= 0.6 is 11.9 Å². The Morgan fingerprint density at radius 3 is 3.00 bits per heavy atom. The first-order valence-electron chi connectivity index (χ1n) is 4.02. The van der Waals surface area contributed by atoms with Crippen LogP contribution in [0.3, 0.4) is 0 Å². The number of hydrazone groups is 1. The highest BCUT2D eigenvalue weighted by atomic mass is 35.5. The van der Waals surface area contributed by atoms with Crippen molar-refractivity contribution in [2.24, 2.45) is 17.3 Å². The van der Waals surface area contributed by atoms with Gasteiger partial charge in [0.05, 0.1) is 0 Å². The second-order valence-corrected chi connectivity index (χ2v) is 3.27. The van der Waals surface area contributed by atoms with Crippen LogP contribution in [0.1, 0.15) is 5.69 Å². The Balaban J connectivity index is 0.00000225. The number of pyridine rings is 1. The second-order valence-electron chi connectivity index (χ2n) is 2.66. The van der Waals surface area contributed by atoms with E-state index in [-0.39, 0.29) is 18.2 Å². The van der Waals surface area contributed by atoms with E-state index >= 15 is 0 Å². The Bertz CT molecular complexity index is 379. The lowest BCUT2D eigenvalue weighted by Gasteiger charge is -1.96. The van der Waals surface area contributed by atoms with Crippen LogP contribution in [-0.2, 0) is 7.05 Å². The van der Waals surface area contributed by atoms with Crippen molar-refractivity contribution in [1.29, 1.82) is 0 Å². The van der Waals surface area contributed by atoms with Gasteiger partial charge < -0.3 is 17.5 Å². The number of carbonyl (C=O) groups is 1. The summed E-state index contributed by atoms with van der Waals surface area (Å²) in [4.78, 5) is 10.7. The standard InChI is InChI=1S/C8H10N4O2S.ClH/c1-12-4-2-3-7(13)6(12)5-10-11-8(14)15-9;/h2-5,13H,9H2,1H3;1H. The van der Waals surface area contributed by atoms with Crippen molar-refractivity contribution in [3.8, 4) is 5.75 Å². The lowest BCUT2D eigenvalue weighted by molar-refractivity contribution is -0.672. The summed E-state index contributed by atoms with van der Waals surface area (Å²) in [5.41, 5.74) is 2.67. The van der Waals surface area contributed by atoms with Crippen LogP contribution in [0.4, 0.5) is 4.79 Å². The van der Waals surface area contributed by atoms with Crippen molar-refractivity contribution in [2.75, 3.05) is 0 Å². The molecule has 0 radical (unpaired) electrons. The number of carbonyl (C=O) groups excluding carboxylic acids is 1. The highest BCUT2D eigenvalue weighted by Crippen LogP contribution is 2.07. The number of aromatic hydroxyl groups is 1. The Morgan fingerprint density at radius 1 is 1.75 bits per heavy atom. The quantitative estimate of drug-likeness (QED) is 0.228. The molecule has 0 bridgehead atoms. The lowest BCUT2D eigenvalue weighted by atomic mass is 10.3. The van der Waals surface area contributed by atoms with Gasteiger partial charge in [-0.15, -0.1) is 0 Å². The molecule has 1 aromatic heterocycles. The van der Waals surface area contributed by atoms with Gasteiger partial charge in [0.15, 0.2) is 11.9 Å². The van der Waals surface area contributed by atoms with Gasteiger partial charge in [-0.05, 0) is 6.07 Å². The predicted octanol–water partition coefficient (Wildman–Crippen LogP) is -3.13. The maximum atomic E-state index is 10.7. The zero-order chi connectivity index (χ0) is 11.3. The zero-order valence-corrected chi connectivity index (χ0v) is 10.00. The summed E-state index contributed by atoms with van der Waals surface area (Å²) in [5.74, 6) is 0.0819. The number of rotatable bonds is 2. The summed E-state index contributed by atoms with van der Waals surface area (Å²) >= 11 is 0.535. The summed E-state index contributed by atoms with van der Waals surface area (Å²) in [6, 6.07) is 3.22. The molecule has 0 unspecified atom stereocenters. The maximum absolute atomic E-state index is 10.7. The first-order valence-corrected chi connectivity index (χ1v) is 4.90. The summed E-state index contributed by atoms with van der Waals surface area (Å²) < 4.78 is 1.67. The van der Waals surface area contributed by atoms with Crippen LogP contribution in [0.2, 0.25) is 0 Å². The van der Waals surface area contributed by atoms with Crippen LogP contribution < -0.4 is 27.5 Å². The second kappa shape index (κ2) is 7.04. The topological polar surface area (TPSA) is 91.6 Å². The van der Waals surface area contributed by atoms with Gasteiger partial charge >= 0.3 is 5.24 Å². The molecule has 0 saturated heterocycles. The molecule has 0 aliphatic heterocycles. The molecule has 1 amide bonds. The molecule has 0 atom stereocenters. The van der Waals surface area contributed by atoms with Crippen LogP contribution in [0, 0.1) is 0 Å². The lowest BCUT2D eigenvalue weighted by Crippen LogP contribution is -3.00. The number of aryl methyl sites for hydroxylation is 1. The summed E-state index contributed by atoms with van der Waals surface area (Å²) in [7, 11) is 1.75. The molecule has 4 N–H and O–H groups in total. The predicted molar refractivity (Wildman–Crippen MR) is 57.2 cm³/mol. The molecule has 0 spiro atoms. The SMILES string of the molecule is C[n+]1cccc(O)c1/C=N/NC(=O)SN.[Cl-]. The van der Waals surface area contributed by atoms with Gasteiger partial charge in [0.1, 0.15) is 13.3 Å². The largest absolute Gasteiger partial charge is 1.00 e. The van der Waals surface area contributed by atoms with Crippen LogP contribution in [0.5, 0.6) is 5.75 Å². The normalized spacial score (nSPS) is 9.88. The number of nitrogens with one attached hydrogen (secondary N) is 1. The van der Waals surface area contributed by atoms with Crippen LogP contribution in [0.15, 0.2) is 23.4 Å². The molecule has 0 aliphatic carbocycles. The monoisotopic (exact) mass is 262 g/mol. The first kappa shape index (κ1) is 14.7. The molecule has 1 heterocycles. The third-order valence-electron chi connectivity index (χ3n) is 1.66. The van der Waals surface area contributed by atoms with Crippen molar-refractivity contribution >= 4 is 23.4 Å². The fourth-order valence-corrected chi connectivity index (χ4v) is 1.04. The van der Waals surface area contributed by atoms with E-state index in [2.05, 4.69) is 10.5 Å². The fourth-order valence-electron chi connectivity index (χ4n) is 0.939. The van der Waals surface area contributed by atoms with E-state index in [4.69, 9.17) is 5.14 Å². The van der Waals surface area contributed by atoms with E-state index in [0.717, 1.165) is 0 Å². The van der Waals surface area contributed by atoms with Crippen molar-refractivity contribution in [3.05, 3.63) is 24.0 Å². The van der Waals surface area contributed by atoms with Gasteiger partial charge in [0, 0.05) is 18.0 Å². The number of halogens is 1. The smallest absolute Gasteiger partial charge is 0.313 e. The summed E-state index contributed by atoms with van der Waals surface area (Å²) in [5, 5.41) is 17.6. The van der Waals surface area contributed by atoms with Crippen molar-refractivity contribution in [3.63, 3.8) is 0 Å². The molecule has 1 aromatic rings. The minimum Gasteiger partial charge on any atom is -1.00 e. The van der Waals surface area contributed by atoms with E-state index in [0.29, 0.717) is 17.6 Å². The average Bonchev–Trinajstić information content (AvgIpc) is 2.22. The van der Waals surface area contributed by atoms with Gasteiger partial charge in [-0.1, -0.05) is 0 Å². The Hall–Kier alpha value is -1.31. The molecule has 8 heteroatoms. The van der Waals surface area contributed by atoms with E-state index in [1.54, 1.807) is 23.9 Å². The molecule has 16 heavy (non-hydrogen) atoms. The minimum atomic E-state index is -0.468. The molecule has 6 nitrogen and oxygen atoms in total. The third-order valence-corrected chi connectivity index (χ3v) is 1.96. The number of hydrogen-bond donors (Lipinski definition) is 3. The molecule has 1 rings (SSSR count). The number of aromatic nitrogens is 1. The first-order chi connectivity index (χ1) is 7.15. The number of hydrogen-bond acceptors (Lipinski definition) is 5. The van der Waals surface area contributed by atoms with Gasteiger partial charge in [0.25, 0.3) is 5.69 Å². The summed E-state index contributed by atoms with van der Waals surface area (Å²) in [6.45, 7) is 0. The van der Waals surface area contributed by atoms with Gasteiger partial charge in [0.2, 0.25) is 0 Å². The Morgan fingerprint density at radius 2 is 2.44 bits per heavy atom. The van der Waals surface area contributed by atoms with Gasteiger partial charge in [-0.25, -0.2) is 5.43 Å². The molecular formula is C8H11ClN4O2S. The molecule has 0 aromatic carbocycles. The van der Waals surface area contributed by atoms with Gasteiger partial charge in [-0.3, -0.25) is 9.93 Å². The maximum Gasteiger partial charge on any atom is 0.313 e. The fraction of sp³-hybridized carbons (Fsp3) is 0.125. The highest BCUT2D eigenvalue weighted by molar-refractivity contribution is 8.11. The number of nitrogens with two attached hydrogens (primary N) is 1. The molecule has 88 valence electrons. The van der Waals surface area contributed by atoms with Crippen molar-refractivity contribution in [2.45, 2.75) is 0 Å². The molecular weight excluding hydrogens is 252 g/mol. The van der Waals surface area contributed by atoms with Crippen molar-refractivity contribution < 1.29 is 26.9 Å². The molecule has 0 saturated carbocycles. The molecule has 0 aliphatic rings. The van der Waals surface area contributed by atoms with Gasteiger partial charge in [-0.2, -0.15) is 9.67 Å². The Kier molecular flexibility index (Phi) is 6.47. The van der Waals surface area contributed by atoms with E-state index in [1.807, 2.05) is 0 Å². The van der Waals surface area contributed by atoms with E-state index in [1.165, 1.54) is 12.3 Å². The van der Waals surface area contributed by atoms with Crippen LogP contribution in [0.25, 0.3) is 0 Å². The van der Waals surface area contributed by atoms with E-state index < -0.39 is 5.24 Å². The highest BCUT2D eigenvalue weighted by Gasteiger charge is 2.08. The van der Waals surface area contributed by atoms with E-state index in [9.17, 15) is 9.90 Å². The molecule has 0 fully saturated rings. The number of amides is 1. The third kappa shape index (κ3) is 4.05. The zero-order valence-electron chi connectivity index (χ0n) is 8.42. The number of nitrogens with zero attached hydrogens (tertiary/aromatic N) is 2.